The van der Waals surface area contributed by atoms with Gasteiger partial charge in [-0.3, -0.25) is 4.57 Å². The van der Waals surface area contributed by atoms with Crippen LogP contribution in [0.4, 0.5) is 0 Å². The summed E-state index contributed by atoms with van der Waals surface area (Å²) in [5.41, 5.74) is 1.91. The summed E-state index contributed by atoms with van der Waals surface area (Å²) in [4.78, 5) is 0. The minimum Gasteiger partial charge on any atom is -0.598 e. The van der Waals surface area contributed by atoms with E-state index in [0.29, 0.717) is 11.9 Å². The molecule has 4 nitrogen and oxygen atoms in total. The summed E-state index contributed by atoms with van der Waals surface area (Å²) in [5, 5.41) is 0.668. The molecule has 0 fully saturated rings. The fraction of sp³-hybridized carbons (Fsp3) is 0.400. The van der Waals surface area contributed by atoms with E-state index in [9.17, 15) is 9.12 Å². The molecule has 2 unspecified atom stereocenters. The maximum atomic E-state index is 12.8. The van der Waals surface area contributed by atoms with Crippen molar-refractivity contribution in [2.24, 2.45) is 0 Å². The lowest BCUT2D eigenvalue weighted by atomic mass is 10.00. The quantitative estimate of drug-likeness (QED) is 0.560. The fourth-order valence-corrected chi connectivity index (χ4v) is 4.76. The van der Waals surface area contributed by atoms with Crippen LogP contribution < -0.4 is 10.0 Å². The van der Waals surface area contributed by atoms with Crippen LogP contribution in [-0.2, 0) is 20.5 Å². The van der Waals surface area contributed by atoms with Gasteiger partial charge in [0.1, 0.15) is 10.8 Å². The molecule has 0 saturated heterocycles. The molecule has 0 aliphatic heterocycles. The van der Waals surface area contributed by atoms with Crippen LogP contribution in [0.5, 0.6) is 0 Å². The van der Waals surface area contributed by atoms with Crippen molar-refractivity contribution in [1.82, 2.24) is 4.72 Å². The largest absolute Gasteiger partial charge is 0.598 e. The Kier molecular flexibility index (Phi) is 7.12. The first-order chi connectivity index (χ1) is 12.1. The van der Waals surface area contributed by atoms with Crippen molar-refractivity contribution >= 4 is 24.0 Å². The molecule has 1 N–H and O–H groups in total. The number of hydrogen-bond acceptors (Lipinski definition) is 4. The van der Waals surface area contributed by atoms with Gasteiger partial charge in [0.05, 0.1) is 6.61 Å². The van der Waals surface area contributed by atoms with E-state index in [2.05, 4.69) is 4.72 Å². The third kappa shape index (κ3) is 5.45. The van der Waals surface area contributed by atoms with Gasteiger partial charge in [0.25, 0.3) is 0 Å². The van der Waals surface area contributed by atoms with Gasteiger partial charge < -0.3 is 9.08 Å². The molecule has 0 aromatic heterocycles. The van der Waals surface area contributed by atoms with Gasteiger partial charge in [-0.2, -0.15) is 0 Å². The second-order valence-corrected chi connectivity index (χ2v) is 11.7. The highest BCUT2D eigenvalue weighted by atomic mass is 32.2. The van der Waals surface area contributed by atoms with E-state index in [-0.39, 0.29) is 6.04 Å². The zero-order valence-corrected chi connectivity index (χ0v) is 17.8. The van der Waals surface area contributed by atoms with E-state index in [4.69, 9.17) is 4.52 Å². The summed E-state index contributed by atoms with van der Waals surface area (Å²) in [6.45, 7) is 9.67. The number of hydrogen-bond donors (Lipinski definition) is 1. The van der Waals surface area contributed by atoms with Crippen molar-refractivity contribution < 1.29 is 13.6 Å². The average Bonchev–Trinajstić information content (AvgIpc) is 2.59. The lowest BCUT2D eigenvalue weighted by molar-refractivity contribution is 0.345. The first kappa shape index (κ1) is 21.2. The van der Waals surface area contributed by atoms with E-state index in [1.807, 2.05) is 82.3 Å². The van der Waals surface area contributed by atoms with Crippen LogP contribution >= 0.6 is 7.37 Å². The average molecular weight is 393 g/mol. The Morgan fingerprint density at radius 2 is 1.73 bits per heavy atom. The normalized spacial score (nSPS) is 16.7. The molecule has 3 atom stereocenters. The first-order valence-electron chi connectivity index (χ1n) is 8.70. The fourth-order valence-electron chi connectivity index (χ4n) is 2.54. The Bertz CT molecular complexity index is 761. The highest BCUT2D eigenvalue weighted by molar-refractivity contribution is 7.90. The van der Waals surface area contributed by atoms with Crippen molar-refractivity contribution in [3.05, 3.63) is 65.7 Å². The van der Waals surface area contributed by atoms with Gasteiger partial charge in [-0.25, -0.2) is 0 Å². The summed E-state index contributed by atoms with van der Waals surface area (Å²) in [6, 6.07) is 17.1. The molecule has 26 heavy (non-hydrogen) atoms. The van der Waals surface area contributed by atoms with E-state index < -0.39 is 23.5 Å². The van der Waals surface area contributed by atoms with Gasteiger partial charge in [0.15, 0.2) is 0 Å². The second kappa shape index (κ2) is 8.73. The van der Waals surface area contributed by atoms with Crippen LogP contribution in [-0.4, -0.2) is 22.6 Å². The molecule has 0 aliphatic carbocycles. The third-order valence-electron chi connectivity index (χ3n) is 3.96. The van der Waals surface area contributed by atoms with Crippen LogP contribution in [0.15, 0.2) is 54.6 Å². The van der Waals surface area contributed by atoms with E-state index in [1.165, 1.54) is 0 Å². The van der Waals surface area contributed by atoms with Crippen molar-refractivity contribution in [2.75, 3.05) is 13.3 Å². The minimum absolute atomic E-state index is 0.266. The molecule has 6 heteroatoms. The van der Waals surface area contributed by atoms with Crippen molar-refractivity contribution in [2.45, 2.75) is 38.5 Å². The van der Waals surface area contributed by atoms with Gasteiger partial charge in [-0.15, -0.1) is 4.72 Å². The maximum absolute atomic E-state index is 12.8. The topological polar surface area (TPSA) is 61.4 Å². The molecular formula is C20H28NO3PS. The van der Waals surface area contributed by atoms with Gasteiger partial charge in [0.2, 0.25) is 7.37 Å². The molecule has 2 aromatic carbocycles. The maximum Gasteiger partial charge on any atom is 0.229 e. The molecule has 142 valence electrons. The molecule has 0 heterocycles. The van der Waals surface area contributed by atoms with Gasteiger partial charge in [-0.05, 0) is 51.0 Å². The Morgan fingerprint density at radius 1 is 1.12 bits per heavy atom. The van der Waals surface area contributed by atoms with E-state index in [0.717, 1.165) is 11.1 Å². The van der Waals surface area contributed by atoms with Crippen LogP contribution in [0, 0.1) is 0 Å². The smallest absolute Gasteiger partial charge is 0.229 e. The summed E-state index contributed by atoms with van der Waals surface area (Å²) in [7, 11) is -2.87. The van der Waals surface area contributed by atoms with Crippen molar-refractivity contribution in [3.63, 3.8) is 0 Å². The predicted molar refractivity (Wildman–Crippen MR) is 111 cm³/mol. The molecule has 0 bridgehead atoms. The predicted octanol–water partition coefficient (Wildman–Crippen LogP) is 4.40. The summed E-state index contributed by atoms with van der Waals surface area (Å²) >= 11 is -1.25. The number of nitrogens with one attached hydrogen (secondary N) is 1. The molecular weight excluding hydrogens is 365 g/mol. The lowest BCUT2D eigenvalue weighted by Gasteiger charge is -2.28. The van der Waals surface area contributed by atoms with Crippen LogP contribution in [0.2, 0.25) is 0 Å². The Morgan fingerprint density at radius 3 is 2.31 bits per heavy atom. The molecule has 0 saturated carbocycles. The standard InChI is InChI=1S/C20H28NO3PS/c1-6-24-25(5,22)18-14-10-13-17(15-18)19(16-11-8-7-9-12-16)21-26(23)20(2,3)4/h7-15,19,21H,6H2,1-5H3/t19-,25?,26?/m0/s1. The van der Waals surface area contributed by atoms with Crippen molar-refractivity contribution in [1.29, 1.82) is 0 Å². The van der Waals surface area contributed by atoms with Crippen molar-refractivity contribution in [3.8, 4) is 0 Å². The van der Waals surface area contributed by atoms with E-state index in [1.54, 1.807) is 6.66 Å². The van der Waals surface area contributed by atoms with Gasteiger partial charge >= 0.3 is 0 Å². The summed E-state index contributed by atoms with van der Waals surface area (Å²) < 4.78 is 33.8. The van der Waals surface area contributed by atoms with Gasteiger partial charge in [-0.1, -0.05) is 42.5 Å². The number of benzene rings is 2. The van der Waals surface area contributed by atoms with Crippen LogP contribution in [0.1, 0.15) is 44.9 Å². The first-order valence-corrected chi connectivity index (χ1v) is 11.9. The SMILES string of the molecule is CCOP(C)(=O)c1cccc([C@@H](N[S+]([O-])C(C)(C)C)c2ccccc2)c1. The molecule has 2 rings (SSSR count). The Hall–Kier alpha value is -1.10. The lowest BCUT2D eigenvalue weighted by Crippen LogP contribution is -2.41. The highest BCUT2D eigenvalue weighted by Crippen LogP contribution is 2.41. The third-order valence-corrected chi connectivity index (χ3v) is 7.49. The Labute approximate surface area is 160 Å². The zero-order valence-electron chi connectivity index (χ0n) is 16.1. The molecule has 0 spiro atoms. The second-order valence-electron chi connectivity index (χ2n) is 7.20. The summed E-state index contributed by atoms with van der Waals surface area (Å²) in [5.74, 6) is 0. The molecule has 2 aromatic rings. The van der Waals surface area contributed by atoms with Crippen LogP contribution in [0.25, 0.3) is 0 Å². The molecule has 0 aliphatic rings. The molecule has 0 amide bonds. The van der Waals surface area contributed by atoms with Gasteiger partial charge in [0, 0.05) is 23.3 Å². The zero-order chi connectivity index (χ0) is 19.4. The number of rotatable bonds is 7. The minimum atomic E-state index is -2.87. The van der Waals surface area contributed by atoms with E-state index >= 15 is 0 Å². The molecule has 0 radical (unpaired) electrons. The highest BCUT2D eigenvalue weighted by Gasteiger charge is 2.31. The van der Waals surface area contributed by atoms with Crippen LogP contribution in [0.3, 0.4) is 0 Å². The Balaban J connectivity index is 2.45. The summed E-state index contributed by atoms with van der Waals surface area (Å²) in [6.07, 6.45) is 0. The monoisotopic (exact) mass is 393 g/mol.